The molecule has 19 heavy (non-hydrogen) atoms. The summed E-state index contributed by atoms with van der Waals surface area (Å²) in [5.41, 5.74) is -0.128. The summed E-state index contributed by atoms with van der Waals surface area (Å²) in [6, 6.07) is 4.91. The second-order valence-electron chi connectivity index (χ2n) is 4.06. The molecule has 2 rings (SSSR count). The van der Waals surface area contributed by atoms with Crippen molar-refractivity contribution in [2.75, 3.05) is 0 Å². The van der Waals surface area contributed by atoms with Gasteiger partial charge in [-0.15, -0.1) is 0 Å². The van der Waals surface area contributed by atoms with Crippen molar-refractivity contribution in [1.82, 2.24) is 4.98 Å². The summed E-state index contributed by atoms with van der Waals surface area (Å²) in [7, 11) is 0. The van der Waals surface area contributed by atoms with Crippen LogP contribution < -0.4 is 0 Å². The largest absolute Gasteiger partial charge is 0.448 e. The van der Waals surface area contributed by atoms with Crippen molar-refractivity contribution in [3.05, 3.63) is 53.2 Å². The summed E-state index contributed by atoms with van der Waals surface area (Å²) >= 11 is 0. The molecule has 1 aromatic heterocycles. The third-order valence-electron chi connectivity index (χ3n) is 2.52. The van der Waals surface area contributed by atoms with Crippen LogP contribution >= 0.6 is 0 Å². The van der Waals surface area contributed by atoms with Crippen LogP contribution in [0.3, 0.4) is 0 Å². The van der Waals surface area contributed by atoms with Gasteiger partial charge in [-0.25, -0.2) is 4.98 Å². The second-order valence-corrected chi connectivity index (χ2v) is 4.06. The molecule has 0 atom stereocenters. The van der Waals surface area contributed by atoms with Gasteiger partial charge >= 0.3 is 6.18 Å². The number of oxazole rings is 1. The van der Waals surface area contributed by atoms with Gasteiger partial charge in [0, 0.05) is 13.3 Å². The standard InChI is InChI=1S/C13H10F3NO2/c1-8(18)11-7-19-12(17-11)6-9-3-2-4-10(5-9)13(14,15)16/h2-5,7H,6H2,1H3. The van der Waals surface area contributed by atoms with E-state index >= 15 is 0 Å². The highest BCUT2D eigenvalue weighted by Gasteiger charge is 2.30. The van der Waals surface area contributed by atoms with Crippen LogP contribution in [0.25, 0.3) is 0 Å². The number of hydrogen-bond donors (Lipinski definition) is 0. The quantitative estimate of drug-likeness (QED) is 0.801. The number of Topliss-reactive ketones (excluding diaryl/α,β-unsaturated/α-hetero) is 1. The van der Waals surface area contributed by atoms with Crippen molar-refractivity contribution in [2.45, 2.75) is 19.5 Å². The summed E-state index contributed by atoms with van der Waals surface area (Å²) in [6.07, 6.45) is -3.07. The maximum absolute atomic E-state index is 12.5. The number of rotatable bonds is 3. The summed E-state index contributed by atoms with van der Waals surface area (Å²) in [4.78, 5) is 14.9. The predicted octanol–water partition coefficient (Wildman–Crippen LogP) is 3.49. The van der Waals surface area contributed by atoms with Gasteiger partial charge < -0.3 is 4.42 Å². The molecule has 3 nitrogen and oxygen atoms in total. The fourth-order valence-corrected chi connectivity index (χ4v) is 1.59. The Labute approximate surface area is 107 Å². The predicted molar refractivity (Wildman–Crippen MR) is 60.8 cm³/mol. The first-order valence-corrected chi connectivity index (χ1v) is 5.48. The van der Waals surface area contributed by atoms with Gasteiger partial charge in [0.25, 0.3) is 0 Å². The average molecular weight is 269 g/mol. The lowest BCUT2D eigenvalue weighted by Gasteiger charge is -2.07. The highest BCUT2D eigenvalue weighted by molar-refractivity contribution is 5.91. The van der Waals surface area contributed by atoms with E-state index in [1.807, 2.05) is 0 Å². The molecule has 0 radical (unpaired) electrons. The number of hydrogen-bond acceptors (Lipinski definition) is 3. The fourth-order valence-electron chi connectivity index (χ4n) is 1.59. The normalized spacial score (nSPS) is 11.6. The Balaban J connectivity index is 2.21. The van der Waals surface area contributed by atoms with Crippen LogP contribution in [0.1, 0.15) is 34.4 Å². The number of aromatic nitrogens is 1. The first kappa shape index (κ1) is 13.3. The molecule has 0 aliphatic heterocycles. The molecule has 100 valence electrons. The molecule has 2 aromatic rings. The van der Waals surface area contributed by atoms with Crippen LogP contribution in [0, 0.1) is 0 Å². The molecular formula is C13H10F3NO2. The van der Waals surface area contributed by atoms with Gasteiger partial charge in [-0.2, -0.15) is 13.2 Å². The Morgan fingerprint density at radius 3 is 2.68 bits per heavy atom. The lowest BCUT2D eigenvalue weighted by molar-refractivity contribution is -0.137. The monoisotopic (exact) mass is 269 g/mol. The summed E-state index contributed by atoms with van der Waals surface area (Å²) < 4.78 is 42.6. The Hall–Kier alpha value is -2.11. The van der Waals surface area contributed by atoms with Gasteiger partial charge in [0.2, 0.25) is 0 Å². The zero-order chi connectivity index (χ0) is 14.0. The number of halogens is 3. The summed E-state index contributed by atoms with van der Waals surface area (Å²) in [5.74, 6) is -0.0384. The number of nitrogens with zero attached hydrogens (tertiary/aromatic N) is 1. The molecule has 0 aliphatic rings. The van der Waals surface area contributed by atoms with E-state index < -0.39 is 11.7 Å². The molecule has 1 heterocycles. The zero-order valence-corrected chi connectivity index (χ0v) is 9.99. The van der Waals surface area contributed by atoms with Crippen molar-refractivity contribution < 1.29 is 22.4 Å². The molecule has 0 spiro atoms. The Morgan fingerprint density at radius 2 is 2.11 bits per heavy atom. The van der Waals surface area contributed by atoms with Crippen molar-refractivity contribution in [3.63, 3.8) is 0 Å². The number of ketones is 1. The van der Waals surface area contributed by atoms with E-state index in [1.165, 1.54) is 19.3 Å². The summed E-state index contributed by atoms with van der Waals surface area (Å²) in [6.45, 7) is 1.34. The molecule has 0 amide bonds. The van der Waals surface area contributed by atoms with Crippen molar-refractivity contribution in [2.24, 2.45) is 0 Å². The van der Waals surface area contributed by atoms with Crippen LogP contribution in [-0.4, -0.2) is 10.8 Å². The lowest BCUT2D eigenvalue weighted by Crippen LogP contribution is -2.05. The maximum Gasteiger partial charge on any atom is 0.416 e. The average Bonchev–Trinajstić information content (AvgIpc) is 2.77. The topological polar surface area (TPSA) is 43.1 Å². The number of benzene rings is 1. The highest BCUT2D eigenvalue weighted by Crippen LogP contribution is 2.29. The number of carbonyl (C=O) groups excluding carboxylic acids is 1. The molecule has 6 heteroatoms. The third-order valence-corrected chi connectivity index (χ3v) is 2.52. The van der Waals surface area contributed by atoms with Gasteiger partial charge in [-0.3, -0.25) is 4.79 Å². The van der Waals surface area contributed by atoms with E-state index in [-0.39, 0.29) is 23.8 Å². The van der Waals surface area contributed by atoms with Crippen LogP contribution in [-0.2, 0) is 12.6 Å². The fraction of sp³-hybridized carbons (Fsp3) is 0.231. The van der Waals surface area contributed by atoms with Crippen LogP contribution in [0.15, 0.2) is 34.9 Å². The Kier molecular flexibility index (Phi) is 3.42. The van der Waals surface area contributed by atoms with Crippen molar-refractivity contribution in [1.29, 1.82) is 0 Å². The Bertz CT molecular complexity index is 602. The first-order valence-electron chi connectivity index (χ1n) is 5.48. The second kappa shape index (κ2) is 4.87. The number of alkyl halides is 3. The molecule has 0 bridgehead atoms. The zero-order valence-electron chi connectivity index (χ0n) is 9.99. The van der Waals surface area contributed by atoms with Gasteiger partial charge in [0.1, 0.15) is 12.0 Å². The minimum Gasteiger partial charge on any atom is -0.448 e. The molecule has 0 unspecified atom stereocenters. The van der Waals surface area contributed by atoms with Crippen LogP contribution in [0.5, 0.6) is 0 Å². The molecular weight excluding hydrogens is 259 g/mol. The molecule has 0 saturated carbocycles. The van der Waals surface area contributed by atoms with Crippen molar-refractivity contribution >= 4 is 5.78 Å². The Morgan fingerprint density at radius 1 is 1.37 bits per heavy atom. The number of carbonyl (C=O) groups is 1. The van der Waals surface area contributed by atoms with Gasteiger partial charge in [0.15, 0.2) is 11.7 Å². The third kappa shape index (κ3) is 3.21. The molecule has 0 fully saturated rings. The van der Waals surface area contributed by atoms with E-state index in [1.54, 1.807) is 6.07 Å². The van der Waals surface area contributed by atoms with E-state index in [0.717, 1.165) is 12.1 Å². The lowest BCUT2D eigenvalue weighted by atomic mass is 10.1. The minimum atomic E-state index is -4.38. The summed E-state index contributed by atoms with van der Waals surface area (Å²) in [5, 5.41) is 0. The SMILES string of the molecule is CC(=O)c1coc(Cc2cccc(C(F)(F)F)c2)n1. The van der Waals surface area contributed by atoms with Gasteiger partial charge in [-0.05, 0) is 11.6 Å². The molecule has 0 N–H and O–H groups in total. The van der Waals surface area contributed by atoms with Crippen molar-refractivity contribution in [3.8, 4) is 0 Å². The first-order chi connectivity index (χ1) is 8.86. The minimum absolute atomic E-state index is 0.108. The van der Waals surface area contributed by atoms with E-state index in [0.29, 0.717) is 5.56 Å². The van der Waals surface area contributed by atoms with Crippen LogP contribution in [0.4, 0.5) is 13.2 Å². The van der Waals surface area contributed by atoms with Crippen LogP contribution in [0.2, 0.25) is 0 Å². The molecule has 0 saturated heterocycles. The smallest absolute Gasteiger partial charge is 0.416 e. The highest BCUT2D eigenvalue weighted by atomic mass is 19.4. The van der Waals surface area contributed by atoms with Gasteiger partial charge in [0.05, 0.1) is 5.56 Å². The molecule has 1 aromatic carbocycles. The van der Waals surface area contributed by atoms with E-state index in [2.05, 4.69) is 4.98 Å². The maximum atomic E-state index is 12.5. The molecule has 0 aliphatic carbocycles. The van der Waals surface area contributed by atoms with Gasteiger partial charge in [-0.1, -0.05) is 18.2 Å². The van der Waals surface area contributed by atoms with E-state index in [4.69, 9.17) is 4.42 Å². The van der Waals surface area contributed by atoms with E-state index in [9.17, 15) is 18.0 Å².